The molecule has 2 aliphatic heterocycles. The molecule has 6 nitrogen and oxygen atoms in total. The second kappa shape index (κ2) is 8.96. The van der Waals surface area contributed by atoms with Crippen LogP contribution in [0.5, 0.6) is 0 Å². The van der Waals surface area contributed by atoms with Crippen molar-refractivity contribution in [1.82, 2.24) is 0 Å². The third kappa shape index (κ3) is 3.38. The Balaban J connectivity index is 1.27. The summed E-state index contributed by atoms with van der Waals surface area (Å²) >= 11 is 0. The van der Waals surface area contributed by atoms with Crippen molar-refractivity contribution >= 4 is 45.8 Å². The SMILES string of the molecule is CC1CCc2cccc(N3C(=O)c4ccc5c6c(ccc(c46)C3=O)C(=O)N(c3cccc4c3CC(C)CC4)C5=O)c2C1. The van der Waals surface area contributed by atoms with Crippen LogP contribution in [0.25, 0.3) is 10.8 Å². The predicted molar refractivity (Wildman–Crippen MR) is 161 cm³/mol. The van der Waals surface area contributed by atoms with Crippen molar-refractivity contribution < 1.29 is 19.2 Å². The van der Waals surface area contributed by atoms with Crippen LogP contribution in [0.2, 0.25) is 0 Å². The molecule has 0 spiro atoms. The zero-order valence-electron chi connectivity index (χ0n) is 23.7. The maximum atomic E-state index is 14.1. The number of fused-ring (bicyclic) bond motifs is 2. The molecule has 0 aromatic heterocycles. The van der Waals surface area contributed by atoms with Gasteiger partial charge in [-0.05, 0) is 109 Å². The summed E-state index contributed by atoms with van der Waals surface area (Å²) < 4.78 is 0. The Morgan fingerprint density at radius 2 is 0.881 bits per heavy atom. The summed E-state index contributed by atoms with van der Waals surface area (Å²) in [6.45, 7) is 4.39. The largest absolute Gasteiger partial charge is 0.268 e. The lowest BCUT2D eigenvalue weighted by atomic mass is 9.82. The van der Waals surface area contributed by atoms with Gasteiger partial charge in [-0.15, -0.1) is 0 Å². The average Bonchev–Trinajstić information content (AvgIpc) is 2.99. The number of hydrogen-bond donors (Lipinski definition) is 0. The van der Waals surface area contributed by atoms with Crippen molar-refractivity contribution in [2.45, 2.75) is 52.4 Å². The first-order valence-electron chi connectivity index (χ1n) is 14.9. The summed E-state index contributed by atoms with van der Waals surface area (Å²) in [5, 5.41) is 0.805. The molecule has 6 heteroatoms. The molecule has 2 unspecified atom stereocenters. The number of aryl methyl sites for hydroxylation is 2. The predicted octanol–water partition coefficient (Wildman–Crippen LogP) is 6.69. The molecule has 4 aromatic rings. The van der Waals surface area contributed by atoms with Gasteiger partial charge < -0.3 is 0 Å². The van der Waals surface area contributed by atoms with Gasteiger partial charge in [-0.25, -0.2) is 9.80 Å². The fourth-order valence-corrected chi connectivity index (χ4v) is 7.62. The standard InChI is InChI=1S/C36H30N2O4/c1-19-9-11-21-5-3-7-29(27(21)17-19)37-33(39)23-13-15-25-32-26(16-14-24(31(23)32)34(37)40)36(42)38(35(25)41)30-8-4-6-22-12-10-20(2)18-28(22)30/h3-8,13-16,19-20H,9-12,17-18H2,1-2H3. The van der Waals surface area contributed by atoms with Gasteiger partial charge in [0.25, 0.3) is 23.6 Å². The highest BCUT2D eigenvalue weighted by molar-refractivity contribution is 6.42. The van der Waals surface area contributed by atoms with Gasteiger partial charge in [0.2, 0.25) is 0 Å². The van der Waals surface area contributed by atoms with E-state index in [0.29, 0.717) is 56.2 Å². The normalized spacial score (nSPS) is 21.1. The molecule has 208 valence electrons. The molecule has 2 aliphatic carbocycles. The minimum Gasteiger partial charge on any atom is -0.268 e. The lowest BCUT2D eigenvalue weighted by Gasteiger charge is -2.35. The van der Waals surface area contributed by atoms with Crippen molar-refractivity contribution in [3.63, 3.8) is 0 Å². The van der Waals surface area contributed by atoms with Crippen molar-refractivity contribution in [1.29, 1.82) is 0 Å². The molecule has 0 fully saturated rings. The zero-order valence-corrected chi connectivity index (χ0v) is 23.7. The molecule has 0 N–H and O–H groups in total. The summed E-state index contributed by atoms with van der Waals surface area (Å²) in [6.07, 6.45) is 5.62. The third-order valence-corrected chi connectivity index (χ3v) is 9.79. The maximum Gasteiger partial charge on any atom is 0.265 e. The Morgan fingerprint density at radius 1 is 0.524 bits per heavy atom. The molecule has 4 amide bonds. The van der Waals surface area contributed by atoms with Crippen LogP contribution < -0.4 is 9.80 Å². The number of benzene rings is 4. The monoisotopic (exact) mass is 554 g/mol. The first kappa shape index (κ1) is 25.2. The van der Waals surface area contributed by atoms with Crippen molar-refractivity contribution in [2.75, 3.05) is 9.80 Å². The fourth-order valence-electron chi connectivity index (χ4n) is 7.62. The van der Waals surface area contributed by atoms with Crippen molar-refractivity contribution in [3.8, 4) is 0 Å². The Kier molecular flexibility index (Phi) is 5.37. The van der Waals surface area contributed by atoms with Gasteiger partial charge in [0, 0.05) is 33.0 Å². The van der Waals surface area contributed by atoms with Crippen LogP contribution in [0.3, 0.4) is 0 Å². The molecule has 0 saturated carbocycles. The lowest BCUT2D eigenvalue weighted by Crippen LogP contribution is -2.44. The number of anilines is 2. The number of hydrogen-bond acceptors (Lipinski definition) is 4. The Bertz CT molecular complexity index is 1710. The fraction of sp³-hybridized carbons (Fsp3) is 0.278. The van der Waals surface area contributed by atoms with E-state index in [0.717, 1.165) is 49.7 Å². The minimum atomic E-state index is -0.420. The third-order valence-electron chi connectivity index (χ3n) is 9.79. The summed E-state index contributed by atoms with van der Waals surface area (Å²) in [4.78, 5) is 58.9. The van der Waals surface area contributed by atoms with Gasteiger partial charge in [0.15, 0.2) is 0 Å². The van der Waals surface area contributed by atoms with E-state index < -0.39 is 23.6 Å². The molecule has 42 heavy (non-hydrogen) atoms. The van der Waals surface area contributed by atoms with Gasteiger partial charge in [-0.2, -0.15) is 0 Å². The first-order chi connectivity index (χ1) is 20.3. The summed E-state index contributed by atoms with van der Waals surface area (Å²) in [6, 6.07) is 18.3. The van der Waals surface area contributed by atoms with E-state index in [-0.39, 0.29) is 0 Å². The molecule has 4 aromatic carbocycles. The first-order valence-corrected chi connectivity index (χ1v) is 14.9. The molecule has 8 rings (SSSR count). The zero-order chi connectivity index (χ0) is 28.9. The van der Waals surface area contributed by atoms with E-state index >= 15 is 0 Å². The van der Waals surface area contributed by atoms with E-state index in [1.165, 1.54) is 20.9 Å². The van der Waals surface area contributed by atoms with E-state index in [1.807, 2.05) is 24.3 Å². The lowest BCUT2D eigenvalue weighted by molar-refractivity contribution is 0.0872. The van der Waals surface area contributed by atoms with Crippen LogP contribution in [0.15, 0.2) is 60.7 Å². The second-order valence-electron chi connectivity index (χ2n) is 12.5. The molecular formula is C36H30N2O4. The molecule has 0 radical (unpaired) electrons. The molecular weight excluding hydrogens is 524 g/mol. The number of carbonyl (C=O) groups is 4. The number of amides is 4. The van der Waals surface area contributed by atoms with Crippen LogP contribution in [0.4, 0.5) is 11.4 Å². The highest BCUT2D eigenvalue weighted by Crippen LogP contribution is 2.43. The quantitative estimate of drug-likeness (QED) is 0.259. The van der Waals surface area contributed by atoms with Crippen LogP contribution in [-0.2, 0) is 25.7 Å². The second-order valence-corrected chi connectivity index (χ2v) is 12.5. The maximum absolute atomic E-state index is 14.1. The average molecular weight is 555 g/mol. The molecule has 4 aliphatic rings. The number of rotatable bonds is 2. The van der Waals surface area contributed by atoms with Crippen molar-refractivity contribution in [2.24, 2.45) is 11.8 Å². The van der Waals surface area contributed by atoms with Crippen LogP contribution in [-0.4, -0.2) is 23.6 Å². The Labute approximate surface area is 243 Å². The molecule has 0 bridgehead atoms. The number of imide groups is 2. The van der Waals surface area contributed by atoms with E-state index in [2.05, 4.69) is 26.0 Å². The van der Waals surface area contributed by atoms with Gasteiger partial charge in [-0.1, -0.05) is 38.1 Å². The van der Waals surface area contributed by atoms with Gasteiger partial charge in [0.1, 0.15) is 0 Å². The van der Waals surface area contributed by atoms with E-state index in [4.69, 9.17) is 0 Å². The Hall–Kier alpha value is -4.58. The Morgan fingerprint density at radius 3 is 1.24 bits per heavy atom. The summed E-state index contributed by atoms with van der Waals surface area (Å²) in [5.74, 6) is -0.753. The van der Waals surface area contributed by atoms with E-state index in [1.54, 1.807) is 24.3 Å². The molecule has 0 saturated heterocycles. The summed E-state index contributed by atoms with van der Waals surface area (Å²) in [5.41, 5.74) is 7.08. The van der Waals surface area contributed by atoms with Crippen LogP contribution in [0.1, 0.15) is 90.4 Å². The van der Waals surface area contributed by atoms with Gasteiger partial charge in [-0.3, -0.25) is 19.2 Å². The van der Waals surface area contributed by atoms with Crippen molar-refractivity contribution in [3.05, 3.63) is 105 Å². The van der Waals surface area contributed by atoms with Crippen LogP contribution >= 0.6 is 0 Å². The highest BCUT2D eigenvalue weighted by Gasteiger charge is 2.42. The van der Waals surface area contributed by atoms with Gasteiger partial charge >= 0.3 is 0 Å². The summed E-state index contributed by atoms with van der Waals surface area (Å²) in [7, 11) is 0. The highest BCUT2D eigenvalue weighted by atomic mass is 16.2. The molecule has 2 atom stereocenters. The number of nitrogens with zero attached hydrogens (tertiary/aromatic N) is 2. The smallest absolute Gasteiger partial charge is 0.265 e. The minimum absolute atomic E-state index is 0.339. The van der Waals surface area contributed by atoms with Crippen LogP contribution in [0, 0.1) is 11.8 Å². The van der Waals surface area contributed by atoms with E-state index in [9.17, 15) is 19.2 Å². The number of carbonyl (C=O) groups excluding carboxylic acids is 4. The van der Waals surface area contributed by atoms with Gasteiger partial charge in [0.05, 0.1) is 11.4 Å². The molecule has 2 heterocycles. The topological polar surface area (TPSA) is 74.8 Å².